The number of nitrogens with one attached hydrogen (secondary N) is 2. The number of guanidine groups is 2. The average molecular weight is 208 g/mol. The van der Waals surface area contributed by atoms with Crippen LogP contribution in [-0.4, -0.2) is 23.4 Å². The van der Waals surface area contributed by atoms with Crippen LogP contribution in [0, 0.1) is 16.7 Å². The van der Waals surface area contributed by atoms with Gasteiger partial charge in [-0.2, -0.15) is 0 Å². The third kappa shape index (κ3) is 5.30. The molecule has 0 fully saturated rings. The van der Waals surface area contributed by atoms with Crippen molar-refractivity contribution in [1.82, 2.24) is 4.90 Å². The van der Waals surface area contributed by atoms with Crippen LogP contribution in [0.5, 0.6) is 0 Å². The monoisotopic (exact) mass is 207 g/mol. The SMILES string of the molecule is CCC(C)CN(C(=N)N)C(=N)N.Cl. The van der Waals surface area contributed by atoms with Crippen molar-refractivity contribution in [3.63, 3.8) is 0 Å². The summed E-state index contributed by atoms with van der Waals surface area (Å²) in [5.41, 5.74) is 10.5. The minimum absolute atomic E-state index is 0. The summed E-state index contributed by atoms with van der Waals surface area (Å²) in [4.78, 5) is 1.29. The van der Waals surface area contributed by atoms with E-state index < -0.39 is 0 Å². The van der Waals surface area contributed by atoms with Crippen LogP contribution in [0.15, 0.2) is 0 Å². The van der Waals surface area contributed by atoms with Crippen LogP contribution in [0.2, 0.25) is 0 Å². The van der Waals surface area contributed by atoms with Crippen LogP contribution in [0.4, 0.5) is 0 Å². The first-order valence-electron chi connectivity index (χ1n) is 3.94. The molecule has 0 heterocycles. The molecule has 0 aliphatic carbocycles. The number of rotatable bonds is 3. The highest BCUT2D eigenvalue weighted by Gasteiger charge is 2.12. The highest BCUT2D eigenvalue weighted by molar-refractivity contribution is 5.94. The van der Waals surface area contributed by atoms with Crippen molar-refractivity contribution in [2.24, 2.45) is 17.4 Å². The molecule has 5 nitrogen and oxygen atoms in total. The third-order valence-electron chi connectivity index (χ3n) is 1.77. The zero-order chi connectivity index (χ0) is 9.72. The van der Waals surface area contributed by atoms with Crippen molar-refractivity contribution in [3.8, 4) is 0 Å². The second-order valence-electron chi connectivity index (χ2n) is 2.89. The predicted octanol–water partition coefficient (Wildman–Crippen LogP) is 0.543. The number of nitrogens with two attached hydrogens (primary N) is 2. The van der Waals surface area contributed by atoms with Crippen molar-refractivity contribution in [3.05, 3.63) is 0 Å². The van der Waals surface area contributed by atoms with Crippen LogP contribution < -0.4 is 11.5 Å². The molecule has 1 unspecified atom stereocenters. The largest absolute Gasteiger partial charge is 0.370 e. The summed E-state index contributed by atoms with van der Waals surface area (Å²) in [7, 11) is 0. The Balaban J connectivity index is 0. The predicted molar refractivity (Wildman–Crippen MR) is 57.2 cm³/mol. The van der Waals surface area contributed by atoms with Crippen LogP contribution in [0.3, 0.4) is 0 Å². The Morgan fingerprint density at radius 2 is 1.69 bits per heavy atom. The van der Waals surface area contributed by atoms with Crippen LogP contribution in [-0.2, 0) is 0 Å². The Bertz CT molecular complexity index is 168. The fourth-order valence-electron chi connectivity index (χ4n) is 0.767. The summed E-state index contributed by atoms with van der Waals surface area (Å²) in [5.74, 6) is 0.0587. The van der Waals surface area contributed by atoms with Crippen LogP contribution >= 0.6 is 12.4 Å². The summed E-state index contributed by atoms with van der Waals surface area (Å²) < 4.78 is 0. The third-order valence-corrected chi connectivity index (χ3v) is 1.77. The van der Waals surface area contributed by atoms with E-state index >= 15 is 0 Å². The van der Waals surface area contributed by atoms with E-state index in [1.54, 1.807) is 0 Å². The Morgan fingerprint density at radius 1 is 1.31 bits per heavy atom. The van der Waals surface area contributed by atoms with E-state index in [0.29, 0.717) is 12.5 Å². The molecule has 13 heavy (non-hydrogen) atoms. The summed E-state index contributed by atoms with van der Waals surface area (Å²) in [5, 5.41) is 14.3. The Kier molecular flexibility index (Phi) is 7.31. The van der Waals surface area contributed by atoms with Gasteiger partial charge >= 0.3 is 0 Å². The van der Waals surface area contributed by atoms with Gasteiger partial charge in [0.05, 0.1) is 0 Å². The quantitative estimate of drug-likeness (QED) is 0.401. The molecule has 0 spiro atoms. The van der Waals surface area contributed by atoms with E-state index in [1.165, 1.54) is 4.90 Å². The molecule has 0 bridgehead atoms. The molecule has 6 N–H and O–H groups in total. The normalized spacial score (nSPS) is 11.2. The number of nitrogens with zero attached hydrogens (tertiary/aromatic N) is 1. The first kappa shape index (κ1) is 14.5. The maximum Gasteiger partial charge on any atom is 0.195 e. The van der Waals surface area contributed by atoms with Crippen molar-refractivity contribution < 1.29 is 0 Å². The van der Waals surface area contributed by atoms with E-state index in [1.807, 2.05) is 13.8 Å². The van der Waals surface area contributed by atoms with Gasteiger partial charge in [-0.05, 0) is 5.92 Å². The Morgan fingerprint density at radius 3 is 1.92 bits per heavy atom. The van der Waals surface area contributed by atoms with Gasteiger partial charge in [-0.3, -0.25) is 15.7 Å². The standard InChI is InChI=1S/C7H17N5.ClH/c1-3-5(2)4-12(6(8)9)7(10)11;/h5H,3-4H2,1-2H3,(H3,8,9)(H3,10,11);1H. The number of hydrogen-bond acceptors (Lipinski definition) is 2. The zero-order valence-corrected chi connectivity index (χ0v) is 8.82. The van der Waals surface area contributed by atoms with Gasteiger partial charge in [0.2, 0.25) is 0 Å². The second kappa shape index (κ2) is 6.54. The zero-order valence-electron chi connectivity index (χ0n) is 8.00. The van der Waals surface area contributed by atoms with Gasteiger partial charge in [0.15, 0.2) is 11.9 Å². The van der Waals surface area contributed by atoms with Gasteiger partial charge in [-0.15, -0.1) is 12.4 Å². The molecule has 0 aliphatic heterocycles. The summed E-state index contributed by atoms with van der Waals surface area (Å²) in [6, 6.07) is 0. The molecular weight excluding hydrogens is 190 g/mol. The maximum atomic E-state index is 7.13. The van der Waals surface area contributed by atoms with Crippen LogP contribution in [0.25, 0.3) is 0 Å². The molecule has 0 saturated heterocycles. The van der Waals surface area contributed by atoms with Gasteiger partial charge in [0.1, 0.15) is 0 Å². The molecule has 0 aromatic heterocycles. The van der Waals surface area contributed by atoms with Gasteiger partial charge in [-0.25, -0.2) is 0 Å². The van der Waals surface area contributed by atoms with E-state index in [-0.39, 0.29) is 24.3 Å². The molecule has 78 valence electrons. The van der Waals surface area contributed by atoms with E-state index in [2.05, 4.69) is 0 Å². The maximum absolute atomic E-state index is 7.13. The van der Waals surface area contributed by atoms with Crippen molar-refractivity contribution in [2.75, 3.05) is 6.54 Å². The average Bonchev–Trinajstić information content (AvgIpc) is 1.98. The first-order chi connectivity index (χ1) is 5.49. The smallest absolute Gasteiger partial charge is 0.195 e. The molecular formula is C7H18ClN5. The highest BCUT2D eigenvalue weighted by Crippen LogP contribution is 2.02. The molecule has 0 aromatic carbocycles. The van der Waals surface area contributed by atoms with Crippen molar-refractivity contribution in [2.45, 2.75) is 20.3 Å². The van der Waals surface area contributed by atoms with Crippen molar-refractivity contribution >= 4 is 24.3 Å². The molecule has 0 amide bonds. The van der Waals surface area contributed by atoms with Crippen LogP contribution in [0.1, 0.15) is 20.3 Å². The molecule has 0 radical (unpaired) electrons. The molecule has 0 aliphatic rings. The lowest BCUT2D eigenvalue weighted by atomic mass is 10.1. The fourth-order valence-corrected chi connectivity index (χ4v) is 0.767. The molecule has 0 aromatic rings. The molecule has 1 atom stereocenters. The summed E-state index contributed by atoms with van der Waals surface area (Å²) >= 11 is 0. The lowest BCUT2D eigenvalue weighted by molar-refractivity contribution is 0.440. The summed E-state index contributed by atoms with van der Waals surface area (Å²) in [6.45, 7) is 4.61. The number of hydrogen-bond donors (Lipinski definition) is 4. The Hall–Kier alpha value is -0.970. The van der Waals surface area contributed by atoms with Gasteiger partial charge in [0.25, 0.3) is 0 Å². The summed E-state index contributed by atoms with van der Waals surface area (Å²) in [6.07, 6.45) is 0.983. The lowest BCUT2D eigenvalue weighted by Crippen LogP contribution is -2.46. The highest BCUT2D eigenvalue weighted by atomic mass is 35.5. The van der Waals surface area contributed by atoms with Gasteiger partial charge in [-0.1, -0.05) is 20.3 Å². The first-order valence-corrected chi connectivity index (χ1v) is 3.94. The molecule has 0 saturated carbocycles. The van der Waals surface area contributed by atoms with Crippen molar-refractivity contribution in [1.29, 1.82) is 10.8 Å². The second-order valence-corrected chi connectivity index (χ2v) is 2.89. The fraction of sp³-hybridized carbons (Fsp3) is 0.714. The van der Waals surface area contributed by atoms with Gasteiger partial charge < -0.3 is 11.5 Å². The van der Waals surface area contributed by atoms with E-state index in [4.69, 9.17) is 22.3 Å². The minimum atomic E-state index is -0.164. The lowest BCUT2D eigenvalue weighted by Gasteiger charge is -2.23. The van der Waals surface area contributed by atoms with E-state index in [9.17, 15) is 0 Å². The molecule has 6 heteroatoms. The minimum Gasteiger partial charge on any atom is -0.370 e. The number of halogens is 1. The topological polar surface area (TPSA) is 103 Å². The van der Waals surface area contributed by atoms with E-state index in [0.717, 1.165) is 6.42 Å². The van der Waals surface area contributed by atoms with Gasteiger partial charge in [0, 0.05) is 6.54 Å². The molecule has 0 rings (SSSR count). The Labute approximate surface area is 84.9 Å².